The number of aliphatic hydroxyl groups is 1. The van der Waals surface area contributed by atoms with Crippen LogP contribution in [0.1, 0.15) is 36.0 Å². The van der Waals surface area contributed by atoms with Gasteiger partial charge >= 0.3 is 0 Å². The third-order valence-electron chi connectivity index (χ3n) is 10.1. The summed E-state index contributed by atoms with van der Waals surface area (Å²) in [5.74, 6) is 0.0779. The first-order valence-electron chi connectivity index (χ1n) is 15.4. The monoisotopic (exact) mass is 701 g/mol. The van der Waals surface area contributed by atoms with Gasteiger partial charge in [0.1, 0.15) is 6.10 Å². The maximum Gasteiger partial charge on any atom is 0.261 e. The minimum atomic E-state index is -3.95. The van der Waals surface area contributed by atoms with Gasteiger partial charge < -0.3 is 29.2 Å². The molecule has 258 valence electrons. The van der Waals surface area contributed by atoms with E-state index in [0.717, 1.165) is 22.4 Å². The molecule has 1 spiro atoms. The van der Waals surface area contributed by atoms with Crippen LogP contribution in [0.4, 0.5) is 5.69 Å². The summed E-state index contributed by atoms with van der Waals surface area (Å²) in [6, 6.07) is 10.8. The Morgan fingerprint density at radius 2 is 1.73 bits per heavy atom. The number of carbonyl (C=O) groups is 1. The standard InChI is InChI=1S/C32H35N3O7S.CH4O3S/c1-33(2)22-6-8-23(9-7-22)43(39,40)35-16-15-31-28-21-5-10-25(36)29(28)42-30(31)24(12-14-32(31,38)26(35)18-21)34(3)27(37)11-4-20-13-17-41-19-20;1-5(2,3)4/h4-11,13,17,19,24,26,30,36,38H,12,14-16,18H2,1-3H3;1H3,(H,2,3,4)/b11-4+;/t24-,26-,30+,31+,32-;/m1./s1. The van der Waals surface area contributed by atoms with E-state index in [1.54, 1.807) is 60.7 Å². The molecular weight excluding hydrogens is 663 g/mol. The maximum atomic E-state index is 14.1. The molecule has 1 saturated heterocycles. The molecule has 48 heavy (non-hydrogen) atoms. The van der Waals surface area contributed by atoms with Crippen LogP contribution in [-0.4, -0.2) is 104 Å². The van der Waals surface area contributed by atoms with Crippen molar-refractivity contribution in [3.63, 3.8) is 0 Å². The predicted octanol–water partition coefficient (Wildman–Crippen LogP) is 2.64. The highest BCUT2D eigenvalue weighted by Crippen LogP contribution is 2.66. The zero-order valence-corrected chi connectivity index (χ0v) is 28.6. The summed E-state index contributed by atoms with van der Waals surface area (Å²) in [6.45, 7) is 0.171. The van der Waals surface area contributed by atoms with Gasteiger partial charge in [0.2, 0.25) is 15.9 Å². The Bertz CT molecular complexity index is 1950. The first-order valence-corrected chi connectivity index (χ1v) is 18.7. The Kier molecular flexibility index (Phi) is 8.44. The number of furan rings is 1. The molecule has 3 N–H and O–H groups in total. The number of rotatable bonds is 6. The number of likely N-dealkylation sites (N-methyl/N-ethyl adjacent to an activating group) is 1. The summed E-state index contributed by atoms with van der Waals surface area (Å²) in [7, 11) is -2.10. The summed E-state index contributed by atoms with van der Waals surface area (Å²) >= 11 is 0. The van der Waals surface area contributed by atoms with E-state index in [1.165, 1.54) is 16.6 Å². The molecule has 13 nitrogen and oxygen atoms in total. The Morgan fingerprint density at radius 1 is 1.04 bits per heavy atom. The van der Waals surface area contributed by atoms with Crippen LogP contribution in [0.3, 0.4) is 0 Å². The number of nitrogens with zero attached hydrogens (tertiary/aromatic N) is 3. The molecule has 2 aromatic carbocycles. The largest absolute Gasteiger partial charge is 0.504 e. The van der Waals surface area contributed by atoms with E-state index >= 15 is 0 Å². The van der Waals surface area contributed by atoms with E-state index in [9.17, 15) is 31.8 Å². The van der Waals surface area contributed by atoms with E-state index in [4.69, 9.17) is 13.7 Å². The number of hydrogen-bond donors (Lipinski definition) is 3. The molecule has 2 fully saturated rings. The molecule has 2 aliphatic heterocycles. The van der Waals surface area contributed by atoms with Gasteiger partial charge in [-0.05, 0) is 73.7 Å². The zero-order chi connectivity index (χ0) is 34.8. The van der Waals surface area contributed by atoms with Gasteiger partial charge in [-0.15, -0.1) is 0 Å². The number of phenolic OH excluding ortho intramolecular Hbond substituents is 1. The van der Waals surface area contributed by atoms with Crippen LogP contribution >= 0.6 is 0 Å². The van der Waals surface area contributed by atoms with Gasteiger partial charge in [0.05, 0.1) is 46.8 Å². The van der Waals surface area contributed by atoms with E-state index < -0.39 is 49.3 Å². The third-order valence-corrected chi connectivity index (χ3v) is 12.1. The lowest BCUT2D eigenvalue weighted by atomic mass is 9.48. The molecule has 1 saturated carbocycles. The molecule has 2 bridgehead atoms. The lowest BCUT2D eigenvalue weighted by Gasteiger charge is -2.64. The fourth-order valence-electron chi connectivity index (χ4n) is 8.03. The molecule has 15 heteroatoms. The molecule has 1 aromatic heterocycles. The minimum absolute atomic E-state index is 0.0214. The van der Waals surface area contributed by atoms with Crippen LogP contribution in [0.5, 0.6) is 11.5 Å². The quantitative estimate of drug-likeness (QED) is 0.254. The summed E-state index contributed by atoms with van der Waals surface area (Å²) in [4.78, 5) is 17.1. The first-order chi connectivity index (χ1) is 22.5. The number of hydrogen-bond acceptors (Lipinski definition) is 10. The first kappa shape index (κ1) is 34.0. The predicted molar refractivity (Wildman–Crippen MR) is 177 cm³/mol. The van der Waals surface area contributed by atoms with Gasteiger partial charge in [0.15, 0.2) is 11.5 Å². The van der Waals surface area contributed by atoms with E-state index in [2.05, 4.69) is 0 Å². The third kappa shape index (κ3) is 5.47. The van der Waals surface area contributed by atoms with Gasteiger partial charge in [-0.2, -0.15) is 12.7 Å². The summed E-state index contributed by atoms with van der Waals surface area (Å²) in [5.41, 5.74) is 0.789. The van der Waals surface area contributed by atoms with Crippen molar-refractivity contribution in [3.8, 4) is 11.5 Å². The van der Waals surface area contributed by atoms with Gasteiger partial charge in [-0.25, -0.2) is 8.42 Å². The lowest BCUT2D eigenvalue weighted by Crippen LogP contribution is -2.78. The van der Waals surface area contributed by atoms with Crippen LogP contribution in [0.25, 0.3) is 6.08 Å². The summed E-state index contributed by atoms with van der Waals surface area (Å²) in [6.07, 6.45) is 7.53. The molecule has 0 radical (unpaired) electrons. The second-order valence-electron chi connectivity index (χ2n) is 13.0. The Balaban J connectivity index is 0.000000749. The summed E-state index contributed by atoms with van der Waals surface area (Å²) in [5, 5.41) is 23.7. The zero-order valence-electron chi connectivity index (χ0n) is 27.0. The second kappa shape index (κ2) is 11.9. The topological polar surface area (TPSA) is 178 Å². The molecule has 1 amide bonds. The van der Waals surface area contributed by atoms with Crippen LogP contribution in [0, 0.1) is 0 Å². The number of sulfonamides is 1. The average molecular weight is 702 g/mol. The van der Waals surface area contributed by atoms with Gasteiger partial charge in [0, 0.05) is 50.6 Å². The van der Waals surface area contributed by atoms with E-state index in [-0.39, 0.29) is 35.9 Å². The van der Waals surface area contributed by atoms with Gasteiger partial charge in [-0.1, -0.05) is 6.07 Å². The number of benzene rings is 2. The normalized spacial score (nSPS) is 27.4. The lowest BCUT2D eigenvalue weighted by molar-refractivity contribution is -0.186. The highest BCUT2D eigenvalue weighted by atomic mass is 32.2. The molecule has 2 aliphatic carbocycles. The van der Waals surface area contributed by atoms with Gasteiger partial charge in [-0.3, -0.25) is 9.35 Å². The number of phenols is 1. The molecule has 5 atom stereocenters. The number of aromatic hydroxyl groups is 1. The van der Waals surface area contributed by atoms with Crippen LogP contribution < -0.4 is 9.64 Å². The highest BCUT2D eigenvalue weighted by Gasteiger charge is 2.74. The number of ether oxygens (including phenoxy) is 1. The Labute approximate surface area is 279 Å². The molecule has 0 unspecified atom stereocenters. The Hall–Kier alpha value is -3.89. The highest BCUT2D eigenvalue weighted by molar-refractivity contribution is 7.89. The molecular formula is C33H39N3O10S2. The van der Waals surface area contributed by atoms with Crippen LogP contribution in [0.15, 0.2) is 70.4 Å². The van der Waals surface area contributed by atoms with Crippen LogP contribution in [-0.2, 0) is 36.8 Å². The fraction of sp³-hybridized carbons (Fsp3) is 0.424. The van der Waals surface area contributed by atoms with Gasteiger partial charge in [0.25, 0.3) is 10.1 Å². The fourth-order valence-corrected chi connectivity index (χ4v) is 9.70. The minimum Gasteiger partial charge on any atom is -0.504 e. The maximum absolute atomic E-state index is 14.1. The molecule has 4 aliphatic rings. The number of anilines is 1. The van der Waals surface area contributed by atoms with Crippen molar-refractivity contribution >= 4 is 37.8 Å². The number of piperidine rings is 1. The van der Waals surface area contributed by atoms with Crippen molar-refractivity contribution in [2.24, 2.45) is 0 Å². The van der Waals surface area contributed by atoms with E-state index in [0.29, 0.717) is 24.8 Å². The van der Waals surface area contributed by atoms with Crippen LogP contribution in [0.2, 0.25) is 0 Å². The van der Waals surface area contributed by atoms with Crippen molar-refractivity contribution in [1.82, 2.24) is 9.21 Å². The van der Waals surface area contributed by atoms with Crippen molar-refractivity contribution in [3.05, 3.63) is 77.8 Å². The summed E-state index contributed by atoms with van der Waals surface area (Å²) < 4.78 is 67.2. The van der Waals surface area contributed by atoms with Crippen molar-refractivity contribution in [1.29, 1.82) is 0 Å². The Morgan fingerprint density at radius 3 is 2.35 bits per heavy atom. The SMILES string of the molecule is CN(C)c1ccc(S(=O)(=O)N2CC[C@]34c5c6ccc(O)c5O[C@H]3[C@H](N(C)C(=O)/C=C/c3ccoc3)CC[C@@]4(O)[C@H]2C6)cc1.CS(=O)(=O)O. The average Bonchev–Trinajstić information content (AvgIpc) is 3.66. The van der Waals surface area contributed by atoms with Crippen molar-refractivity contribution < 1.29 is 45.5 Å². The number of carbonyl (C=O) groups excluding carboxylic acids is 1. The van der Waals surface area contributed by atoms with Crippen molar-refractivity contribution in [2.75, 3.05) is 38.8 Å². The smallest absolute Gasteiger partial charge is 0.261 e. The van der Waals surface area contributed by atoms with E-state index in [1.807, 2.05) is 25.1 Å². The molecule has 7 rings (SSSR count). The van der Waals surface area contributed by atoms with Crippen molar-refractivity contribution in [2.45, 2.75) is 59.8 Å². The molecule has 3 heterocycles. The molecule has 3 aromatic rings. The number of amides is 1. The second-order valence-corrected chi connectivity index (χ2v) is 16.4.